The number of hydrogen-bond acceptors (Lipinski definition) is 3. The molecule has 0 atom stereocenters. The fourth-order valence-corrected chi connectivity index (χ4v) is 2.47. The molecule has 0 unspecified atom stereocenters. The lowest BCUT2D eigenvalue weighted by atomic mass is 10.2. The third-order valence-corrected chi connectivity index (χ3v) is 3.92. The van der Waals surface area contributed by atoms with E-state index < -0.39 is 11.6 Å². The lowest BCUT2D eigenvalue weighted by Crippen LogP contribution is -2.14. The molecule has 1 aromatic heterocycles. The molecule has 0 N–H and O–H groups in total. The van der Waals surface area contributed by atoms with Gasteiger partial charge >= 0.3 is 5.76 Å². The number of benzene rings is 2. The summed E-state index contributed by atoms with van der Waals surface area (Å²) in [6.45, 7) is 1.74. The number of halogens is 3. The Morgan fingerprint density at radius 3 is 2.55 bits per heavy atom. The standard InChI is InChI=1S/C15H9Cl2FN2O2/c1-8-9(16)4-3-7-12(8)20-15(21)22-14(19-20)13-10(17)5-2-6-11(13)18/h2-7H,1H3. The van der Waals surface area contributed by atoms with E-state index in [2.05, 4.69) is 5.10 Å². The van der Waals surface area contributed by atoms with E-state index in [0.29, 0.717) is 16.3 Å². The molecule has 0 aliphatic rings. The molecule has 3 aromatic rings. The van der Waals surface area contributed by atoms with Crippen molar-refractivity contribution in [2.45, 2.75) is 6.92 Å². The van der Waals surface area contributed by atoms with Crippen LogP contribution in [0.3, 0.4) is 0 Å². The van der Waals surface area contributed by atoms with Crippen LogP contribution in [0.15, 0.2) is 45.6 Å². The lowest BCUT2D eigenvalue weighted by Gasteiger charge is -2.04. The maximum Gasteiger partial charge on any atom is 0.442 e. The first-order chi connectivity index (χ1) is 10.5. The van der Waals surface area contributed by atoms with Crippen LogP contribution in [0.5, 0.6) is 0 Å². The van der Waals surface area contributed by atoms with Gasteiger partial charge in [-0.2, -0.15) is 4.68 Å². The summed E-state index contributed by atoms with van der Waals surface area (Å²) in [7, 11) is 0. The second-order valence-electron chi connectivity index (χ2n) is 4.57. The van der Waals surface area contributed by atoms with Crippen LogP contribution in [0, 0.1) is 12.7 Å². The molecule has 0 amide bonds. The lowest BCUT2D eigenvalue weighted by molar-refractivity contribution is 0.511. The van der Waals surface area contributed by atoms with Crippen molar-refractivity contribution in [3.63, 3.8) is 0 Å². The molecule has 3 rings (SSSR count). The molecule has 0 saturated heterocycles. The molecule has 0 aliphatic heterocycles. The van der Waals surface area contributed by atoms with E-state index >= 15 is 0 Å². The molecule has 7 heteroatoms. The zero-order chi connectivity index (χ0) is 15.9. The van der Waals surface area contributed by atoms with Crippen LogP contribution in [0.25, 0.3) is 17.1 Å². The molecule has 0 saturated carbocycles. The second-order valence-corrected chi connectivity index (χ2v) is 5.38. The molecule has 0 bridgehead atoms. The van der Waals surface area contributed by atoms with Crippen molar-refractivity contribution in [1.29, 1.82) is 0 Å². The summed E-state index contributed by atoms with van der Waals surface area (Å²) in [5.74, 6) is -1.56. The zero-order valence-corrected chi connectivity index (χ0v) is 12.8. The third kappa shape index (κ3) is 2.42. The van der Waals surface area contributed by atoms with Crippen molar-refractivity contribution < 1.29 is 8.81 Å². The van der Waals surface area contributed by atoms with E-state index in [0.717, 1.165) is 4.68 Å². The van der Waals surface area contributed by atoms with Gasteiger partial charge in [-0.3, -0.25) is 0 Å². The van der Waals surface area contributed by atoms with Crippen molar-refractivity contribution in [3.05, 3.63) is 68.4 Å². The molecule has 0 spiro atoms. The number of rotatable bonds is 2. The Morgan fingerprint density at radius 1 is 1.14 bits per heavy atom. The first-order valence-corrected chi connectivity index (χ1v) is 7.04. The van der Waals surface area contributed by atoms with Crippen molar-refractivity contribution in [1.82, 2.24) is 9.78 Å². The average molecular weight is 339 g/mol. The van der Waals surface area contributed by atoms with Crippen molar-refractivity contribution in [2.24, 2.45) is 0 Å². The van der Waals surface area contributed by atoms with Crippen LogP contribution in [-0.4, -0.2) is 9.78 Å². The van der Waals surface area contributed by atoms with Gasteiger partial charge < -0.3 is 4.42 Å². The molecule has 112 valence electrons. The van der Waals surface area contributed by atoms with Gasteiger partial charge in [0.05, 0.1) is 16.3 Å². The highest BCUT2D eigenvalue weighted by Crippen LogP contribution is 2.29. The Hall–Kier alpha value is -2.11. The fraction of sp³-hybridized carbons (Fsp3) is 0.0667. The molecule has 1 heterocycles. The first kappa shape index (κ1) is 14.8. The van der Waals surface area contributed by atoms with Crippen LogP contribution in [0.1, 0.15) is 5.56 Å². The van der Waals surface area contributed by atoms with Crippen molar-refractivity contribution in [3.8, 4) is 17.1 Å². The summed E-state index contributed by atoms with van der Waals surface area (Å²) >= 11 is 12.0. The Labute approximate surface area is 134 Å². The molecular formula is C15H9Cl2FN2O2. The predicted octanol–water partition coefficient (Wildman–Crippen LogP) is 4.25. The first-order valence-electron chi connectivity index (χ1n) is 6.29. The van der Waals surface area contributed by atoms with E-state index in [1.807, 2.05) is 0 Å². The fourth-order valence-electron chi connectivity index (χ4n) is 2.06. The van der Waals surface area contributed by atoms with Gasteiger partial charge in [0.1, 0.15) is 5.82 Å². The summed E-state index contributed by atoms with van der Waals surface area (Å²) in [4.78, 5) is 12.0. The smallest absolute Gasteiger partial charge is 0.387 e. The number of aromatic nitrogens is 2. The van der Waals surface area contributed by atoms with Crippen molar-refractivity contribution >= 4 is 23.2 Å². The highest BCUT2D eigenvalue weighted by Gasteiger charge is 2.19. The quantitative estimate of drug-likeness (QED) is 0.701. The van der Waals surface area contributed by atoms with Gasteiger partial charge in [0, 0.05) is 5.02 Å². The van der Waals surface area contributed by atoms with E-state index in [1.54, 1.807) is 25.1 Å². The average Bonchev–Trinajstić information content (AvgIpc) is 2.83. The molecule has 0 radical (unpaired) electrons. The molecule has 2 aromatic carbocycles. The van der Waals surface area contributed by atoms with Gasteiger partial charge in [-0.1, -0.05) is 35.3 Å². The minimum absolute atomic E-state index is 0.0558. The predicted molar refractivity (Wildman–Crippen MR) is 82.3 cm³/mol. The molecule has 22 heavy (non-hydrogen) atoms. The van der Waals surface area contributed by atoms with Crippen LogP contribution in [0.4, 0.5) is 4.39 Å². The van der Waals surface area contributed by atoms with Gasteiger partial charge in [-0.15, -0.1) is 5.10 Å². The molecule has 0 fully saturated rings. The van der Waals surface area contributed by atoms with Crippen LogP contribution < -0.4 is 5.76 Å². The van der Waals surface area contributed by atoms with Crippen LogP contribution in [0.2, 0.25) is 10.0 Å². The van der Waals surface area contributed by atoms with Gasteiger partial charge in [-0.05, 0) is 36.8 Å². The molecule has 0 aliphatic carbocycles. The minimum Gasteiger partial charge on any atom is -0.387 e. The van der Waals surface area contributed by atoms with Crippen LogP contribution >= 0.6 is 23.2 Å². The summed E-state index contributed by atoms with van der Waals surface area (Å²) in [5, 5.41) is 4.62. The molecular weight excluding hydrogens is 330 g/mol. The summed E-state index contributed by atoms with van der Waals surface area (Å²) < 4.78 is 20.0. The van der Waals surface area contributed by atoms with Gasteiger partial charge in [0.25, 0.3) is 5.89 Å². The Bertz CT molecular complexity index is 898. The van der Waals surface area contributed by atoms with Crippen molar-refractivity contribution in [2.75, 3.05) is 0 Å². The van der Waals surface area contributed by atoms with Gasteiger partial charge in [0.15, 0.2) is 0 Å². The normalized spacial score (nSPS) is 10.9. The minimum atomic E-state index is -0.750. The zero-order valence-electron chi connectivity index (χ0n) is 11.3. The summed E-state index contributed by atoms with van der Waals surface area (Å²) in [6.07, 6.45) is 0. The maximum absolute atomic E-state index is 13.9. The largest absolute Gasteiger partial charge is 0.442 e. The molecule has 4 nitrogen and oxygen atoms in total. The van der Waals surface area contributed by atoms with E-state index in [9.17, 15) is 9.18 Å². The van der Waals surface area contributed by atoms with Crippen LogP contribution in [-0.2, 0) is 0 Å². The number of hydrogen-bond donors (Lipinski definition) is 0. The third-order valence-electron chi connectivity index (χ3n) is 3.19. The maximum atomic E-state index is 13.9. The van der Waals surface area contributed by atoms with E-state index in [1.165, 1.54) is 18.2 Å². The monoisotopic (exact) mass is 338 g/mol. The highest BCUT2D eigenvalue weighted by molar-refractivity contribution is 6.33. The topological polar surface area (TPSA) is 48.0 Å². The Kier molecular flexibility index (Phi) is 3.76. The highest BCUT2D eigenvalue weighted by atomic mass is 35.5. The summed E-state index contributed by atoms with van der Waals surface area (Å²) in [6, 6.07) is 9.20. The Balaban J connectivity index is 2.21. The SMILES string of the molecule is Cc1c(Cl)cccc1-n1nc(-c2c(F)cccc2Cl)oc1=O. The van der Waals surface area contributed by atoms with Gasteiger partial charge in [-0.25, -0.2) is 9.18 Å². The van der Waals surface area contributed by atoms with E-state index in [-0.39, 0.29) is 16.5 Å². The second kappa shape index (κ2) is 5.59. The number of nitrogens with zero attached hydrogens (tertiary/aromatic N) is 2. The van der Waals surface area contributed by atoms with Gasteiger partial charge in [0.2, 0.25) is 0 Å². The Morgan fingerprint density at radius 2 is 1.82 bits per heavy atom. The van der Waals surface area contributed by atoms with E-state index in [4.69, 9.17) is 27.6 Å². The summed E-state index contributed by atoms with van der Waals surface area (Å²) in [5.41, 5.74) is 1.06.